The Balaban J connectivity index is 1.09. The third-order valence-electron chi connectivity index (χ3n) is 11.6. The lowest BCUT2D eigenvalue weighted by atomic mass is 9.72. The number of carbonyl (C=O) groups is 6. The monoisotopic (exact) mass is 831 g/mol. The lowest BCUT2D eigenvalue weighted by molar-refractivity contribution is -0.249. The second-order valence-corrected chi connectivity index (χ2v) is 15.3. The molecule has 2 saturated heterocycles. The molecule has 7 N–H and O–H groups in total. The van der Waals surface area contributed by atoms with E-state index in [2.05, 4.69) is 10.6 Å². The van der Waals surface area contributed by atoms with E-state index in [1.54, 1.807) is 24.3 Å². The summed E-state index contributed by atoms with van der Waals surface area (Å²) >= 11 is 0. The number of hydrogen-bond donors (Lipinski definition) is 7. The minimum Gasteiger partial charge on any atom is -0.507 e. The topological polar surface area (TPSA) is 268 Å². The maximum absolute atomic E-state index is 14.0. The van der Waals surface area contributed by atoms with E-state index in [4.69, 9.17) is 18.9 Å². The Morgan fingerprint density at radius 2 is 1.72 bits per heavy atom. The van der Waals surface area contributed by atoms with Gasteiger partial charge in [0.2, 0.25) is 17.6 Å². The number of methoxy groups -OCH3 is 1. The Labute approximate surface area is 343 Å². The van der Waals surface area contributed by atoms with Crippen LogP contribution in [0.5, 0.6) is 17.2 Å². The summed E-state index contributed by atoms with van der Waals surface area (Å²) < 4.78 is 22.7. The van der Waals surface area contributed by atoms with Crippen molar-refractivity contribution in [2.24, 2.45) is 0 Å². The van der Waals surface area contributed by atoms with E-state index in [-0.39, 0.29) is 47.6 Å². The molecule has 2 fully saturated rings. The zero-order valence-corrected chi connectivity index (χ0v) is 32.7. The van der Waals surface area contributed by atoms with Gasteiger partial charge >= 0.3 is 6.09 Å². The van der Waals surface area contributed by atoms with Gasteiger partial charge in [-0.2, -0.15) is 0 Å². The fourth-order valence-corrected chi connectivity index (χ4v) is 8.50. The quantitative estimate of drug-likeness (QED) is 0.104. The molecule has 3 amide bonds. The molecule has 0 saturated carbocycles. The van der Waals surface area contributed by atoms with E-state index in [0.717, 1.165) is 5.56 Å². The number of rotatable bonds is 11. The summed E-state index contributed by atoms with van der Waals surface area (Å²) in [5.41, 5.74) is -3.48. The van der Waals surface area contributed by atoms with Crippen LogP contribution in [-0.2, 0) is 41.6 Å². The minimum absolute atomic E-state index is 0.00195. The molecule has 3 aromatic carbocycles. The number of amides is 3. The van der Waals surface area contributed by atoms with Gasteiger partial charge in [-0.3, -0.25) is 24.0 Å². The molecule has 2 aliphatic carbocycles. The maximum Gasteiger partial charge on any atom is 0.407 e. The largest absolute Gasteiger partial charge is 0.507 e. The number of alkyl carbamates (subject to hydrolysis) is 1. The molecule has 2 heterocycles. The number of aromatic hydroxyl groups is 2. The van der Waals surface area contributed by atoms with Crippen LogP contribution in [0, 0.1) is 0 Å². The maximum atomic E-state index is 14.0. The molecule has 7 atom stereocenters. The predicted octanol–water partition coefficient (Wildman–Crippen LogP) is 1.08. The van der Waals surface area contributed by atoms with Gasteiger partial charge in [0, 0.05) is 42.5 Å². The highest BCUT2D eigenvalue weighted by atomic mass is 16.7. The van der Waals surface area contributed by atoms with E-state index in [1.165, 1.54) is 37.1 Å². The Bertz CT molecular complexity index is 2230. The van der Waals surface area contributed by atoms with Gasteiger partial charge in [-0.25, -0.2) is 4.79 Å². The first kappa shape index (κ1) is 42.2. The number of nitrogens with one attached hydrogen (secondary N) is 2. The highest BCUT2D eigenvalue weighted by molar-refractivity contribution is 6.31. The van der Waals surface area contributed by atoms with Gasteiger partial charge in [-0.15, -0.1) is 0 Å². The van der Waals surface area contributed by atoms with Gasteiger partial charge < -0.3 is 60.0 Å². The predicted molar refractivity (Wildman–Crippen MR) is 205 cm³/mol. The highest BCUT2D eigenvalue weighted by Gasteiger charge is 2.50. The number of carbonyl (C=O) groups excluding carboxylic acids is 6. The molecule has 2 aliphatic heterocycles. The number of aliphatic hydroxyl groups excluding tert-OH is 2. The van der Waals surface area contributed by atoms with E-state index in [0.29, 0.717) is 12.8 Å². The molecule has 1 unspecified atom stereocenters. The molecule has 0 bridgehead atoms. The average Bonchev–Trinajstić information content (AvgIpc) is 3.74. The zero-order chi connectivity index (χ0) is 43.0. The van der Waals surface area contributed by atoms with Crippen LogP contribution >= 0.6 is 0 Å². The Morgan fingerprint density at radius 3 is 2.43 bits per heavy atom. The lowest BCUT2D eigenvalue weighted by Gasteiger charge is -2.43. The van der Waals surface area contributed by atoms with Crippen LogP contribution in [0.3, 0.4) is 0 Å². The summed E-state index contributed by atoms with van der Waals surface area (Å²) in [4.78, 5) is 81.2. The summed E-state index contributed by atoms with van der Waals surface area (Å²) in [5.74, 6) is -5.34. The van der Waals surface area contributed by atoms with Gasteiger partial charge in [0.15, 0.2) is 17.9 Å². The molecular formula is C42H45N3O15. The van der Waals surface area contributed by atoms with Crippen LogP contribution < -0.4 is 15.4 Å². The number of ether oxygens (including phenoxy) is 4. The first-order valence-corrected chi connectivity index (χ1v) is 19.4. The van der Waals surface area contributed by atoms with E-state index in [1.807, 2.05) is 6.07 Å². The van der Waals surface area contributed by atoms with Gasteiger partial charge in [0.25, 0.3) is 0 Å². The summed E-state index contributed by atoms with van der Waals surface area (Å²) in [5, 5.41) is 61.2. The fourth-order valence-electron chi connectivity index (χ4n) is 8.50. The number of likely N-dealkylation sites (tertiary alicyclic amines) is 1. The SMILES string of the molecule is COc1cccc2c1C(=O)c1c(O)c3c(c(O)c1C2=O)C[C@@](O)(C(=O)CO)CC3O[C@H]1C[C@H](NC(=O)[C@@H]2CCCN2C(=O)CNC(=O)OCc2ccccc2)[C@H](O)[C@H](C)O1. The molecule has 4 aliphatic rings. The number of nitrogens with zero attached hydrogens (tertiary/aromatic N) is 1. The van der Waals surface area contributed by atoms with Crippen LogP contribution in [0.25, 0.3) is 0 Å². The molecule has 3 aromatic rings. The van der Waals surface area contributed by atoms with Gasteiger partial charge in [-0.1, -0.05) is 42.5 Å². The number of ketones is 3. The van der Waals surface area contributed by atoms with Crippen molar-refractivity contribution in [3.63, 3.8) is 0 Å². The fraction of sp³-hybridized carbons (Fsp3) is 0.429. The number of Topliss-reactive ketones (excluding diaryl/α,β-unsaturated/α-hetero) is 1. The average molecular weight is 832 g/mol. The molecule has 318 valence electrons. The number of phenolic OH excluding ortho intramolecular Hbond substituents is 2. The Morgan fingerprint density at radius 1 is 0.983 bits per heavy atom. The van der Waals surface area contributed by atoms with Crippen molar-refractivity contribution in [2.75, 3.05) is 26.8 Å². The zero-order valence-electron chi connectivity index (χ0n) is 32.7. The number of phenols is 2. The Kier molecular flexibility index (Phi) is 11.9. The number of hydrogen-bond acceptors (Lipinski definition) is 15. The van der Waals surface area contributed by atoms with Crippen LogP contribution in [0.2, 0.25) is 0 Å². The van der Waals surface area contributed by atoms with Gasteiger partial charge in [0.05, 0.1) is 42.0 Å². The molecule has 18 heteroatoms. The molecular weight excluding hydrogens is 786 g/mol. The number of aliphatic hydroxyl groups is 3. The van der Waals surface area contributed by atoms with Crippen LogP contribution in [0.4, 0.5) is 4.79 Å². The van der Waals surface area contributed by atoms with E-state index < -0.39 is 126 Å². The van der Waals surface area contributed by atoms with Crippen LogP contribution in [0.15, 0.2) is 48.5 Å². The summed E-state index contributed by atoms with van der Waals surface area (Å²) in [7, 11) is 1.30. The molecule has 0 radical (unpaired) electrons. The number of fused-ring (bicyclic) bond motifs is 3. The molecule has 0 spiro atoms. The molecule has 7 rings (SSSR count). The second-order valence-electron chi connectivity index (χ2n) is 15.3. The van der Waals surface area contributed by atoms with Crippen molar-refractivity contribution >= 4 is 35.3 Å². The third-order valence-corrected chi connectivity index (χ3v) is 11.6. The lowest BCUT2D eigenvalue weighted by Crippen LogP contribution is -2.58. The van der Waals surface area contributed by atoms with Crippen LogP contribution in [-0.4, -0.2) is 129 Å². The summed E-state index contributed by atoms with van der Waals surface area (Å²) in [6, 6.07) is 11.3. The van der Waals surface area contributed by atoms with Crippen molar-refractivity contribution in [1.82, 2.24) is 15.5 Å². The first-order valence-electron chi connectivity index (χ1n) is 19.4. The molecule has 0 aromatic heterocycles. The van der Waals surface area contributed by atoms with Crippen molar-refractivity contribution in [3.8, 4) is 17.2 Å². The number of benzene rings is 3. The smallest absolute Gasteiger partial charge is 0.407 e. The van der Waals surface area contributed by atoms with E-state index in [9.17, 15) is 54.3 Å². The van der Waals surface area contributed by atoms with Crippen molar-refractivity contribution in [1.29, 1.82) is 0 Å². The third kappa shape index (κ3) is 7.79. The second kappa shape index (κ2) is 17.0. The minimum atomic E-state index is -2.38. The Hall–Kier alpha value is -5.92. The summed E-state index contributed by atoms with van der Waals surface area (Å²) in [6.07, 6.45) is -6.64. The standard InChI is InChI=1S/C42H45N3O15/c1-20-35(49)24(44-40(54)25-11-7-13-45(25)29(48)17-43-41(55)58-19-21-8-4-3-5-9-21)14-30(59-20)60-27-16-42(56,28(47)18-46)15-23-32(27)39(53)34-33(37(23)51)36(50)22-10-6-12-26(57-2)31(22)38(34)52/h3-6,8-10,12,20,24-25,27,30,35,46,49,51,53,56H,7,11,13-19H2,1-2H3,(H,43,55)(H,44,54)/t20-,24-,25-,27?,30-,35+,42-/m0/s1. The van der Waals surface area contributed by atoms with Crippen molar-refractivity contribution in [3.05, 3.63) is 87.5 Å². The van der Waals surface area contributed by atoms with Crippen molar-refractivity contribution in [2.45, 2.75) is 87.9 Å². The van der Waals surface area contributed by atoms with Gasteiger partial charge in [0.1, 0.15) is 54.8 Å². The first-order chi connectivity index (χ1) is 28.7. The molecule has 60 heavy (non-hydrogen) atoms. The summed E-state index contributed by atoms with van der Waals surface area (Å²) in [6.45, 7) is 0.205. The van der Waals surface area contributed by atoms with Gasteiger partial charge in [-0.05, 0) is 31.4 Å². The van der Waals surface area contributed by atoms with Crippen molar-refractivity contribution < 1.29 is 73.2 Å². The van der Waals surface area contributed by atoms with Crippen LogP contribution in [0.1, 0.15) is 87.2 Å². The van der Waals surface area contributed by atoms with E-state index >= 15 is 0 Å². The highest BCUT2D eigenvalue weighted by Crippen LogP contribution is 2.52. The molecule has 18 nitrogen and oxygen atoms in total. The normalized spacial score (nSPS) is 25.7.